The molecule has 0 saturated carbocycles. The highest BCUT2D eigenvalue weighted by Crippen LogP contribution is 2.28. The van der Waals surface area contributed by atoms with E-state index in [1.807, 2.05) is 47.0 Å². The second-order valence-electron chi connectivity index (χ2n) is 5.94. The first-order chi connectivity index (χ1) is 13.1. The zero-order valence-electron chi connectivity index (χ0n) is 14.5. The first-order valence-electron chi connectivity index (χ1n) is 8.30. The summed E-state index contributed by atoms with van der Waals surface area (Å²) < 4.78 is 6.98. The summed E-state index contributed by atoms with van der Waals surface area (Å²) in [4.78, 5) is 24.4. The SMILES string of the molecule is CC(=O)OCc1ccc(-n2c(-c3cccnc3)nc3ccc(Cl)nc32)cc1. The maximum absolute atomic E-state index is 11.0. The van der Waals surface area contributed by atoms with Crippen molar-refractivity contribution in [1.29, 1.82) is 0 Å². The molecule has 0 fully saturated rings. The van der Waals surface area contributed by atoms with Crippen molar-refractivity contribution in [3.05, 3.63) is 71.6 Å². The molecule has 4 aromatic rings. The number of halogens is 1. The average Bonchev–Trinajstić information content (AvgIpc) is 3.06. The smallest absolute Gasteiger partial charge is 0.302 e. The molecule has 4 rings (SSSR count). The molecule has 0 aliphatic carbocycles. The highest BCUT2D eigenvalue weighted by molar-refractivity contribution is 6.29. The van der Waals surface area contributed by atoms with Crippen molar-refractivity contribution >= 4 is 28.7 Å². The lowest BCUT2D eigenvalue weighted by Crippen LogP contribution is -2.01. The molecule has 7 heteroatoms. The molecule has 0 saturated heterocycles. The monoisotopic (exact) mass is 378 g/mol. The number of hydrogen-bond acceptors (Lipinski definition) is 5. The Morgan fingerprint density at radius 3 is 2.63 bits per heavy atom. The number of carbonyl (C=O) groups is 1. The minimum atomic E-state index is -0.308. The van der Waals surface area contributed by atoms with E-state index in [1.54, 1.807) is 18.5 Å². The lowest BCUT2D eigenvalue weighted by atomic mass is 10.2. The Labute approximate surface area is 160 Å². The molecule has 3 aromatic heterocycles. The van der Waals surface area contributed by atoms with Crippen LogP contribution in [0.25, 0.3) is 28.2 Å². The fraction of sp³-hybridized carbons (Fsp3) is 0.100. The van der Waals surface area contributed by atoms with E-state index in [2.05, 4.69) is 9.97 Å². The van der Waals surface area contributed by atoms with Gasteiger partial charge in [0.1, 0.15) is 23.1 Å². The summed E-state index contributed by atoms with van der Waals surface area (Å²) >= 11 is 6.12. The van der Waals surface area contributed by atoms with Crippen LogP contribution in [0, 0.1) is 0 Å². The van der Waals surface area contributed by atoms with Gasteiger partial charge in [0.2, 0.25) is 0 Å². The lowest BCUT2D eigenvalue weighted by molar-refractivity contribution is -0.142. The maximum Gasteiger partial charge on any atom is 0.302 e. The number of pyridine rings is 2. The average molecular weight is 379 g/mol. The number of carbonyl (C=O) groups excluding carboxylic acids is 1. The second-order valence-corrected chi connectivity index (χ2v) is 6.32. The quantitative estimate of drug-likeness (QED) is 0.393. The summed E-state index contributed by atoms with van der Waals surface area (Å²) in [6, 6.07) is 15.0. The lowest BCUT2D eigenvalue weighted by Gasteiger charge is -2.10. The Hall–Kier alpha value is -3.25. The topological polar surface area (TPSA) is 69.9 Å². The van der Waals surface area contributed by atoms with Gasteiger partial charge < -0.3 is 4.74 Å². The van der Waals surface area contributed by atoms with Gasteiger partial charge in [0.25, 0.3) is 0 Å². The Morgan fingerprint density at radius 2 is 1.93 bits per heavy atom. The van der Waals surface area contributed by atoms with Gasteiger partial charge in [-0.05, 0) is 42.0 Å². The summed E-state index contributed by atoms with van der Waals surface area (Å²) in [6.45, 7) is 1.63. The van der Waals surface area contributed by atoms with E-state index in [0.29, 0.717) is 10.8 Å². The van der Waals surface area contributed by atoms with Gasteiger partial charge in [-0.15, -0.1) is 0 Å². The van der Waals surface area contributed by atoms with E-state index in [9.17, 15) is 4.79 Å². The van der Waals surface area contributed by atoms with E-state index in [-0.39, 0.29) is 12.6 Å². The Morgan fingerprint density at radius 1 is 1.11 bits per heavy atom. The van der Waals surface area contributed by atoms with Gasteiger partial charge in [-0.2, -0.15) is 0 Å². The first kappa shape index (κ1) is 17.2. The summed E-state index contributed by atoms with van der Waals surface area (Å²) in [5.74, 6) is 0.415. The molecule has 0 amide bonds. The standard InChI is InChI=1S/C20H15ClN4O2/c1-13(26)27-12-14-4-6-16(7-5-14)25-19(15-3-2-10-22-11-15)23-17-8-9-18(21)24-20(17)25/h2-11H,12H2,1H3. The van der Waals surface area contributed by atoms with Crippen LogP contribution in [-0.4, -0.2) is 25.5 Å². The number of rotatable bonds is 4. The van der Waals surface area contributed by atoms with E-state index in [0.717, 1.165) is 28.2 Å². The van der Waals surface area contributed by atoms with E-state index in [1.165, 1.54) is 6.92 Å². The predicted octanol–water partition coefficient (Wildman–Crippen LogP) is 4.20. The van der Waals surface area contributed by atoms with Crippen LogP contribution in [0.2, 0.25) is 5.15 Å². The molecule has 1 aromatic carbocycles. The molecule has 0 unspecified atom stereocenters. The van der Waals surface area contributed by atoms with Crippen LogP contribution in [0.4, 0.5) is 0 Å². The Kier molecular flexibility index (Phi) is 4.56. The number of benzene rings is 1. The molecule has 27 heavy (non-hydrogen) atoms. The largest absolute Gasteiger partial charge is 0.461 e. The molecular formula is C20H15ClN4O2. The van der Waals surface area contributed by atoms with Crippen molar-refractivity contribution in [1.82, 2.24) is 19.5 Å². The van der Waals surface area contributed by atoms with Crippen molar-refractivity contribution in [3.8, 4) is 17.1 Å². The Bertz CT molecular complexity index is 1110. The highest BCUT2D eigenvalue weighted by atomic mass is 35.5. The number of imidazole rings is 1. The molecule has 0 aliphatic rings. The number of ether oxygens (including phenoxy) is 1. The van der Waals surface area contributed by atoms with Gasteiger partial charge in [-0.25, -0.2) is 9.97 Å². The zero-order valence-corrected chi connectivity index (χ0v) is 15.2. The third-order valence-electron chi connectivity index (χ3n) is 4.03. The predicted molar refractivity (Wildman–Crippen MR) is 103 cm³/mol. The van der Waals surface area contributed by atoms with Crippen LogP contribution in [0.3, 0.4) is 0 Å². The zero-order chi connectivity index (χ0) is 18.8. The van der Waals surface area contributed by atoms with Crippen LogP contribution in [0.1, 0.15) is 12.5 Å². The van der Waals surface area contributed by atoms with Crippen LogP contribution in [0.15, 0.2) is 60.9 Å². The number of aromatic nitrogens is 4. The number of nitrogens with zero attached hydrogens (tertiary/aromatic N) is 4. The first-order valence-corrected chi connectivity index (χ1v) is 8.68. The van der Waals surface area contributed by atoms with Crippen LogP contribution in [-0.2, 0) is 16.1 Å². The molecule has 0 radical (unpaired) electrons. The Balaban J connectivity index is 1.84. The minimum absolute atomic E-state index is 0.236. The van der Waals surface area contributed by atoms with Crippen molar-refractivity contribution < 1.29 is 9.53 Å². The molecule has 3 heterocycles. The normalized spacial score (nSPS) is 10.9. The van der Waals surface area contributed by atoms with Gasteiger partial charge >= 0.3 is 5.97 Å². The summed E-state index contributed by atoms with van der Waals surface area (Å²) in [7, 11) is 0. The summed E-state index contributed by atoms with van der Waals surface area (Å²) in [5, 5.41) is 0.396. The van der Waals surface area contributed by atoms with Crippen LogP contribution < -0.4 is 0 Å². The number of esters is 1. The van der Waals surface area contributed by atoms with Crippen molar-refractivity contribution in [2.45, 2.75) is 13.5 Å². The molecule has 6 nitrogen and oxygen atoms in total. The maximum atomic E-state index is 11.0. The van der Waals surface area contributed by atoms with Gasteiger partial charge in [0.05, 0.1) is 0 Å². The molecule has 0 atom stereocenters. The van der Waals surface area contributed by atoms with Crippen molar-refractivity contribution in [2.24, 2.45) is 0 Å². The molecular weight excluding hydrogens is 364 g/mol. The summed E-state index contributed by atoms with van der Waals surface area (Å²) in [5.41, 5.74) is 4.04. The van der Waals surface area contributed by atoms with E-state index >= 15 is 0 Å². The van der Waals surface area contributed by atoms with E-state index in [4.69, 9.17) is 21.3 Å². The van der Waals surface area contributed by atoms with Crippen molar-refractivity contribution in [2.75, 3.05) is 0 Å². The molecule has 0 aliphatic heterocycles. The molecule has 0 N–H and O–H groups in total. The third kappa shape index (κ3) is 3.52. The molecule has 0 bridgehead atoms. The van der Waals surface area contributed by atoms with E-state index < -0.39 is 0 Å². The second kappa shape index (κ2) is 7.17. The summed E-state index contributed by atoms with van der Waals surface area (Å²) in [6.07, 6.45) is 3.48. The van der Waals surface area contributed by atoms with Gasteiger partial charge in [-0.3, -0.25) is 14.3 Å². The number of fused-ring (bicyclic) bond motifs is 1. The number of hydrogen-bond donors (Lipinski definition) is 0. The van der Waals surface area contributed by atoms with Gasteiger partial charge in [0.15, 0.2) is 5.65 Å². The van der Waals surface area contributed by atoms with Gasteiger partial charge in [-0.1, -0.05) is 23.7 Å². The van der Waals surface area contributed by atoms with Crippen molar-refractivity contribution in [3.63, 3.8) is 0 Å². The van der Waals surface area contributed by atoms with Crippen LogP contribution >= 0.6 is 11.6 Å². The minimum Gasteiger partial charge on any atom is -0.461 e. The molecule has 0 spiro atoms. The van der Waals surface area contributed by atoms with Gasteiger partial charge in [0, 0.05) is 30.6 Å². The highest BCUT2D eigenvalue weighted by Gasteiger charge is 2.16. The fourth-order valence-corrected chi connectivity index (χ4v) is 2.94. The third-order valence-corrected chi connectivity index (χ3v) is 4.24. The molecule has 134 valence electrons. The van der Waals surface area contributed by atoms with Crippen LogP contribution in [0.5, 0.6) is 0 Å². The fourth-order valence-electron chi connectivity index (χ4n) is 2.79.